The van der Waals surface area contributed by atoms with Crippen LogP contribution in [0.2, 0.25) is 5.02 Å². The lowest BCUT2D eigenvalue weighted by Crippen LogP contribution is -2.29. The van der Waals surface area contributed by atoms with Crippen LogP contribution in [0.1, 0.15) is 5.56 Å². The monoisotopic (exact) mass is 355 g/mol. The summed E-state index contributed by atoms with van der Waals surface area (Å²) in [6.07, 6.45) is 1.15. The normalized spacial score (nSPS) is 11.1. The zero-order chi connectivity index (χ0) is 17.0. The molecule has 5 nitrogen and oxygen atoms in total. The Morgan fingerprint density at radius 1 is 1.04 bits per heavy atom. The van der Waals surface area contributed by atoms with Gasteiger partial charge < -0.3 is 9.47 Å². The van der Waals surface area contributed by atoms with Crippen LogP contribution in [0.5, 0.6) is 11.5 Å². The van der Waals surface area contributed by atoms with Crippen LogP contribution < -0.4 is 13.8 Å². The van der Waals surface area contributed by atoms with Crippen molar-refractivity contribution in [3.63, 3.8) is 0 Å². The van der Waals surface area contributed by atoms with Gasteiger partial charge >= 0.3 is 0 Å². The van der Waals surface area contributed by atoms with Crippen LogP contribution in [0.25, 0.3) is 0 Å². The first-order valence-corrected chi connectivity index (χ1v) is 9.02. The predicted octanol–water partition coefficient (Wildman–Crippen LogP) is 3.32. The molecule has 0 amide bonds. The van der Waals surface area contributed by atoms with Gasteiger partial charge in [0, 0.05) is 11.1 Å². The largest absolute Gasteiger partial charge is 0.497 e. The van der Waals surface area contributed by atoms with Crippen LogP contribution >= 0.6 is 11.6 Å². The van der Waals surface area contributed by atoms with Gasteiger partial charge in [0.05, 0.1) is 32.7 Å². The summed E-state index contributed by atoms with van der Waals surface area (Å²) in [7, 11) is -0.502. The predicted molar refractivity (Wildman–Crippen MR) is 92.0 cm³/mol. The number of sulfonamides is 1. The third-order valence-electron chi connectivity index (χ3n) is 3.29. The van der Waals surface area contributed by atoms with E-state index in [2.05, 4.69) is 0 Å². The van der Waals surface area contributed by atoms with E-state index in [1.165, 1.54) is 18.5 Å². The number of ether oxygens (including phenoxy) is 2. The summed E-state index contributed by atoms with van der Waals surface area (Å²) < 4.78 is 36.3. The van der Waals surface area contributed by atoms with Gasteiger partial charge in [-0.1, -0.05) is 23.7 Å². The Balaban J connectivity index is 2.49. The molecule has 124 valence electrons. The van der Waals surface area contributed by atoms with Crippen molar-refractivity contribution in [2.45, 2.75) is 6.54 Å². The second-order valence-electron chi connectivity index (χ2n) is 4.93. The van der Waals surface area contributed by atoms with E-state index in [4.69, 9.17) is 21.1 Å². The third-order valence-corrected chi connectivity index (χ3v) is 4.67. The second kappa shape index (κ2) is 7.10. The first-order chi connectivity index (χ1) is 10.8. The molecule has 0 atom stereocenters. The first kappa shape index (κ1) is 17.4. The number of hydrogen-bond donors (Lipinski definition) is 0. The maximum Gasteiger partial charge on any atom is 0.232 e. The van der Waals surface area contributed by atoms with Crippen molar-refractivity contribution in [2.75, 3.05) is 24.8 Å². The summed E-state index contributed by atoms with van der Waals surface area (Å²) in [5.74, 6) is 0.996. The molecule has 0 N–H and O–H groups in total. The molecule has 0 bridgehead atoms. The minimum Gasteiger partial charge on any atom is -0.497 e. The second-order valence-corrected chi connectivity index (χ2v) is 7.28. The molecule has 2 aromatic carbocycles. The van der Waals surface area contributed by atoms with Gasteiger partial charge in [-0.25, -0.2) is 8.42 Å². The van der Waals surface area contributed by atoms with Crippen molar-refractivity contribution in [1.82, 2.24) is 0 Å². The Morgan fingerprint density at radius 3 is 2.22 bits per heavy atom. The highest BCUT2D eigenvalue weighted by atomic mass is 35.5. The zero-order valence-corrected chi connectivity index (χ0v) is 14.7. The van der Waals surface area contributed by atoms with E-state index in [1.54, 1.807) is 42.5 Å². The molecule has 0 radical (unpaired) electrons. The van der Waals surface area contributed by atoms with Gasteiger partial charge in [-0.05, 0) is 29.8 Å². The summed E-state index contributed by atoms with van der Waals surface area (Å²) in [5.41, 5.74) is 1.23. The van der Waals surface area contributed by atoms with Crippen LogP contribution in [-0.2, 0) is 16.6 Å². The number of anilines is 1. The molecular formula is C16H18ClNO4S. The van der Waals surface area contributed by atoms with E-state index in [0.717, 1.165) is 11.8 Å². The molecule has 0 aliphatic carbocycles. The van der Waals surface area contributed by atoms with Gasteiger partial charge in [0.1, 0.15) is 11.5 Å². The highest BCUT2D eigenvalue weighted by Crippen LogP contribution is 2.34. The standard InChI is InChI=1S/C16H18ClNO4S/c1-21-14-8-9-16(22-2)15(10-14)18(23(3,19)20)11-12-4-6-13(17)7-5-12/h4-10H,11H2,1-3H3. The van der Waals surface area contributed by atoms with Gasteiger partial charge in [0.2, 0.25) is 10.0 Å². The number of methoxy groups -OCH3 is 2. The molecule has 2 rings (SSSR count). The van der Waals surface area contributed by atoms with E-state index in [0.29, 0.717) is 22.2 Å². The van der Waals surface area contributed by atoms with E-state index >= 15 is 0 Å². The molecule has 0 unspecified atom stereocenters. The summed E-state index contributed by atoms with van der Waals surface area (Å²) in [6.45, 7) is 0.166. The molecule has 0 aromatic heterocycles. The Kier molecular flexibility index (Phi) is 5.38. The fourth-order valence-electron chi connectivity index (χ4n) is 2.13. The van der Waals surface area contributed by atoms with E-state index in [-0.39, 0.29) is 6.54 Å². The van der Waals surface area contributed by atoms with Crippen LogP contribution in [-0.4, -0.2) is 28.9 Å². The Bertz CT molecular complexity index is 775. The van der Waals surface area contributed by atoms with E-state index < -0.39 is 10.0 Å². The molecule has 2 aromatic rings. The molecular weight excluding hydrogens is 338 g/mol. The summed E-state index contributed by atoms with van der Waals surface area (Å²) >= 11 is 5.87. The van der Waals surface area contributed by atoms with E-state index in [1.807, 2.05) is 0 Å². The van der Waals surface area contributed by atoms with Gasteiger partial charge in [0.15, 0.2) is 0 Å². The molecule has 0 aliphatic heterocycles. The van der Waals surface area contributed by atoms with Crippen molar-refractivity contribution in [3.05, 3.63) is 53.1 Å². The van der Waals surface area contributed by atoms with Crippen LogP contribution in [0.3, 0.4) is 0 Å². The summed E-state index contributed by atoms with van der Waals surface area (Å²) in [5, 5.41) is 0.596. The number of nitrogens with zero attached hydrogens (tertiary/aromatic N) is 1. The highest BCUT2D eigenvalue weighted by Gasteiger charge is 2.22. The highest BCUT2D eigenvalue weighted by molar-refractivity contribution is 7.92. The Labute approximate surface area is 141 Å². The van der Waals surface area contributed by atoms with Gasteiger partial charge in [-0.3, -0.25) is 4.31 Å². The Hall–Kier alpha value is -1.92. The van der Waals surface area contributed by atoms with Crippen molar-refractivity contribution < 1.29 is 17.9 Å². The third kappa shape index (κ3) is 4.30. The lowest BCUT2D eigenvalue weighted by atomic mass is 10.2. The van der Waals surface area contributed by atoms with Crippen molar-refractivity contribution in [1.29, 1.82) is 0 Å². The fourth-order valence-corrected chi connectivity index (χ4v) is 3.14. The smallest absolute Gasteiger partial charge is 0.232 e. The fraction of sp³-hybridized carbons (Fsp3) is 0.250. The maximum atomic E-state index is 12.3. The van der Waals surface area contributed by atoms with Crippen molar-refractivity contribution >= 4 is 27.3 Å². The molecule has 0 saturated heterocycles. The topological polar surface area (TPSA) is 55.8 Å². The first-order valence-electron chi connectivity index (χ1n) is 6.79. The van der Waals surface area contributed by atoms with Gasteiger partial charge in [0.25, 0.3) is 0 Å². The molecule has 23 heavy (non-hydrogen) atoms. The Morgan fingerprint density at radius 2 is 1.70 bits per heavy atom. The van der Waals surface area contributed by atoms with Gasteiger partial charge in [-0.2, -0.15) is 0 Å². The lowest BCUT2D eigenvalue weighted by Gasteiger charge is -2.25. The van der Waals surface area contributed by atoms with Crippen molar-refractivity contribution in [3.8, 4) is 11.5 Å². The van der Waals surface area contributed by atoms with E-state index in [9.17, 15) is 8.42 Å². The summed E-state index contributed by atoms with van der Waals surface area (Å²) in [6, 6.07) is 12.0. The van der Waals surface area contributed by atoms with Crippen LogP contribution in [0.4, 0.5) is 5.69 Å². The van der Waals surface area contributed by atoms with Crippen molar-refractivity contribution in [2.24, 2.45) is 0 Å². The lowest BCUT2D eigenvalue weighted by molar-refractivity contribution is 0.403. The maximum absolute atomic E-state index is 12.3. The average molecular weight is 356 g/mol. The van der Waals surface area contributed by atoms with Crippen LogP contribution in [0, 0.1) is 0 Å². The van der Waals surface area contributed by atoms with Gasteiger partial charge in [-0.15, -0.1) is 0 Å². The molecule has 0 saturated carbocycles. The molecule has 7 heteroatoms. The summed E-state index contributed by atoms with van der Waals surface area (Å²) in [4.78, 5) is 0. The number of benzene rings is 2. The van der Waals surface area contributed by atoms with Crippen LogP contribution in [0.15, 0.2) is 42.5 Å². The number of hydrogen-bond acceptors (Lipinski definition) is 4. The quantitative estimate of drug-likeness (QED) is 0.797. The minimum absolute atomic E-state index is 0.166. The zero-order valence-electron chi connectivity index (χ0n) is 13.1. The number of halogens is 1. The molecule has 0 spiro atoms. The number of rotatable bonds is 6. The average Bonchev–Trinajstić information content (AvgIpc) is 2.52. The molecule has 0 aliphatic rings. The molecule has 0 heterocycles. The SMILES string of the molecule is COc1ccc(OC)c(N(Cc2ccc(Cl)cc2)S(C)(=O)=O)c1. The molecule has 0 fully saturated rings. The minimum atomic E-state index is -3.52.